The zero-order valence-corrected chi connectivity index (χ0v) is 12.9. The maximum absolute atomic E-state index is 11.6. The van der Waals surface area contributed by atoms with Crippen LogP contribution in [0.1, 0.15) is 20.8 Å². The molecule has 0 radical (unpaired) electrons. The molecular weight excluding hydrogens is 326 g/mol. The van der Waals surface area contributed by atoms with E-state index in [1.807, 2.05) is 24.3 Å². The van der Waals surface area contributed by atoms with Crippen LogP contribution in [0.3, 0.4) is 0 Å². The first-order valence-electron chi connectivity index (χ1n) is 5.93. The van der Waals surface area contributed by atoms with Gasteiger partial charge in [0.15, 0.2) is 0 Å². The highest BCUT2D eigenvalue weighted by Gasteiger charge is 2.18. The van der Waals surface area contributed by atoms with Gasteiger partial charge in [-0.1, -0.05) is 27.1 Å². The summed E-state index contributed by atoms with van der Waals surface area (Å²) in [6, 6.07) is 7.40. The summed E-state index contributed by atoms with van der Waals surface area (Å²) in [5, 5.41) is 10.0. The number of benzene rings is 1. The molecular formula is C13H14BrN3O3. The van der Waals surface area contributed by atoms with Gasteiger partial charge in [-0.25, -0.2) is 10.1 Å². The van der Waals surface area contributed by atoms with Gasteiger partial charge < -0.3 is 9.15 Å². The Morgan fingerprint density at radius 1 is 1.35 bits per heavy atom. The topological polar surface area (TPSA) is 77.2 Å². The number of carbonyl (C=O) groups excluding carboxylic acids is 1. The van der Waals surface area contributed by atoms with E-state index in [0.717, 1.165) is 10.0 Å². The number of nitrogens with one attached hydrogen (secondary N) is 1. The second-order valence-corrected chi connectivity index (χ2v) is 5.97. The Bertz CT molecular complexity index is 619. The van der Waals surface area contributed by atoms with E-state index in [1.165, 1.54) is 0 Å². The normalized spacial score (nSPS) is 11.2. The molecule has 0 saturated heterocycles. The van der Waals surface area contributed by atoms with Crippen molar-refractivity contribution in [2.75, 3.05) is 5.32 Å². The Morgan fingerprint density at radius 2 is 2.10 bits per heavy atom. The minimum Gasteiger partial charge on any atom is -0.443 e. The van der Waals surface area contributed by atoms with Gasteiger partial charge in [0.05, 0.1) is 0 Å². The third-order valence-corrected chi connectivity index (χ3v) is 2.60. The lowest BCUT2D eigenvalue weighted by atomic mass is 10.2. The molecule has 2 aromatic rings. The first-order valence-corrected chi connectivity index (χ1v) is 6.72. The van der Waals surface area contributed by atoms with Crippen molar-refractivity contribution in [2.24, 2.45) is 0 Å². The number of ether oxygens (including phenoxy) is 1. The minimum atomic E-state index is -0.637. The SMILES string of the molecule is CC(C)(C)OC(=O)Nc1nnc(-c2cccc(Br)c2)o1. The maximum Gasteiger partial charge on any atom is 0.415 e. The summed E-state index contributed by atoms with van der Waals surface area (Å²) in [6.45, 7) is 5.31. The lowest BCUT2D eigenvalue weighted by Gasteiger charge is -2.18. The lowest BCUT2D eigenvalue weighted by Crippen LogP contribution is -2.27. The van der Waals surface area contributed by atoms with Crippen molar-refractivity contribution < 1.29 is 13.9 Å². The summed E-state index contributed by atoms with van der Waals surface area (Å²) in [4.78, 5) is 11.6. The fraction of sp³-hybridized carbons (Fsp3) is 0.308. The number of halogens is 1. The van der Waals surface area contributed by atoms with E-state index in [1.54, 1.807) is 20.8 Å². The van der Waals surface area contributed by atoms with Crippen molar-refractivity contribution in [1.82, 2.24) is 10.2 Å². The van der Waals surface area contributed by atoms with Gasteiger partial charge in [-0.15, -0.1) is 5.10 Å². The Labute approximate surface area is 124 Å². The van der Waals surface area contributed by atoms with Crippen LogP contribution < -0.4 is 5.32 Å². The van der Waals surface area contributed by atoms with Gasteiger partial charge in [-0.05, 0) is 39.0 Å². The highest BCUT2D eigenvalue weighted by molar-refractivity contribution is 9.10. The molecule has 106 valence electrons. The number of nitrogens with zero attached hydrogens (tertiary/aromatic N) is 2. The predicted octanol–water partition coefficient (Wildman–Crippen LogP) is 3.85. The quantitative estimate of drug-likeness (QED) is 0.899. The number of carbonyl (C=O) groups is 1. The highest BCUT2D eigenvalue weighted by atomic mass is 79.9. The summed E-state index contributed by atoms with van der Waals surface area (Å²) < 4.78 is 11.3. The van der Waals surface area contributed by atoms with Crippen molar-refractivity contribution in [2.45, 2.75) is 26.4 Å². The summed E-state index contributed by atoms with van der Waals surface area (Å²) in [6.07, 6.45) is -0.637. The molecule has 0 atom stereocenters. The van der Waals surface area contributed by atoms with Crippen molar-refractivity contribution in [1.29, 1.82) is 0 Å². The summed E-state index contributed by atoms with van der Waals surface area (Å²) in [5.41, 5.74) is 0.168. The lowest BCUT2D eigenvalue weighted by molar-refractivity contribution is 0.0632. The number of amides is 1. The molecule has 6 nitrogen and oxygen atoms in total. The molecule has 20 heavy (non-hydrogen) atoms. The monoisotopic (exact) mass is 339 g/mol. The number of rotatable bonds is 2. The Hall–Kier alpha value is -1.89. The summed E-state index contributed by atoms with van der Waals surface area (Å²) in [5.74, 6) is 0.317. The van der Waals surface area contributed by atoms with E-state index in [4.69, 9.17) is 9.15 Å². The molecule has 1 heterocycles. The molecule has 0 spiro atoms. The Morgan fingerprint density at radius 3 is 2.75 bits per heavy atom. The summed E-state index contributed by atoms with van der Waals surface area (Å²) in [7, 11) is 0. The maximum atomic E-state index is 11.6. The first kappa shape index (κ1) is 14.5. The van der Waals surface area contributed by atoms with Crippen LogP contribution in [0.15, 0.2) is 33.2 Å². The van der Waals surface area contributed by atoms with Crippen LogP contribution in [0.4, 0.5) is 10.8 Å². The average molecular weight is 340 g/mol. The number of hydrogen-bond donors (Lipinski definition) is 1. The van der Waals surface area contributed by atoms with Crippen LogP contribution in [0.25, 0.3) is 11.5 Å². The molecule has 0 saturated carbocycles. The van der Waals surface area contributed by atoms with E-state index in [9.17, 15) is 4.79 Å². The van der Waals surface area contributed by atoms with E-state index >= 15 is 0 Å². The fourth-order valence-electron chi connectivity index (χ4n) is 1.40. The van der Waals surface area contributed by atoms with E-state index in [-0.39, 0.29) is 6.01 Å². The van der Waals surface area contributed by atoms with Crippen LogP contribution in [0.2, 0.25) is 0 Å². The molecule has 0 fully saturated rings. The second kappa shape index (κ2) is 5.62. The number of anilines is 1. The van der Waals surface area contributed by atoms with Gasteiger partial charge in [0.25, 0.3) is 0 Å². The Kier molecular flexibility index (Phi) is 4.08. The van der Waals surface area contributed by atoms with Crippen molar-refractivity contribution in [3.8, 4) is 11.5 Å². The standard InChI is InChI=1S/C13H14BrN3O3/c1-13(2,3)20-12(18)15-11-17-16-10(19-11)8-5-4-6-9(14)7-8/h4-7H,1-3H3,(H,15,17,18). The van der Waals surface area contributed by atoms with Crippen LogP contribution >= 0.6 is 15.9 Å². The van der Waals surface area contributed by atoms with Gasteiger partial charge in [0.1, 0.15) is 5.60 Å². The smallest absolute Gasteiger partial charge is 0.415 e. The third kappa shape index (κ3) is 4.06. The highest BCUT2D eigenvalue weighted by Crippen LogP contribution is 2.23. The van der Waals surface area contributed by atoms with Gasteiger partial charge >= 0.3 is 12.1 Å². The fourth-order valence-corrected chi connectivity index (χ4v) is 1.80. The molecule has 1 aromatic carbocycles. The van der Waals surface area contributed by atoms with Gasteiger partial charge in [0, 0.05) is 10.0 Å². The van der Waals surface area contributed by atoms with Crippen molar-refractivity contribution >= 4 is 28.0 Å². The second-order valence-electron chi connectivity index (χ2n) is 5.05. The molecule has 0 unspecified atom stereocenters. The molecule has 1 amide bonds. The zero-order valence-electron chi connectivity index (χ0n) is 11.3. The van der Waals surface area contributed by atoms with Crippen LogP contribution in [-0.4, -0.2) is 21.9 Å². The molecule has 1 N–H and O–H groups in total. The zero-order chi connectivity index (χ0) is 14.8. The number of aromatic nitrogens is 2. The molecule has 1 aromatic heterocycles. The molecule has 0 aliphatic heterocycles. The molecule has 0 bridgehead atoms. The number of hydrogen-bond acceptors (Lipinski definition) is 5. The van der Waals surface area contributed by atoms with Crippen molar-refractivity contribution in [3.63, 3.8) is 0 Å². The summed E-state index contributed by atoms with van der Waals surface area (Å²) >= 11 is 3.36. The molecule has 2 rings (SSSR count). The Balaban J connectivity index is 2.08. The minimum absolute atomic E-state index is 0.00535. The molecule has 7 heteroatoms. The average Bonchev–Trinajstić information content (AvgIpc) is 2.74. The first-order chi connectivity index (χ1) is 9.33. The van der Waals surface area contributed by atoms with E-state index in [0.29, 0.717) is 5.89 Å². The van der Waals surface area contributed by atoms with Crippen molar-refractivity contribution in [3.05, 3.63) is 28.7 Å². The van der Waals surface area contributed by atoms with Gasteiger partial charge in [0.2, 0.25) is 5.89 Å². The predicted molar refractivity (Wildman–Crippen MR) is 77.3 cm³/mol. The van der Waals surface area contributed by atoms with E-state index < -0.39 is 11.7 Å². The third-order valence-electron chi connectivity index (χ3n) is 2.10. The van der Waals surface area contributed by atoms with Crippen LogP contribution in [0.5, 0.6) is 0 Å². The van der Waals surface area contributed by atoms with Crippen LogP contribution in [0, 0.1) is 0 Å². The van der Waals surface area contributed by atoms with Crippen LogP contribution in [-0.2, 0) is 4.74 Å². The van der Waals surface area contributed by atoms with E-state index in [2.05, 4.69) is 31.4 Å². The largest absolute Gasteiger partial charge is 0.443 e. The van der Waals surface area contributed by atoms with Gasteiger partial charge in [-0.3, -0.25) is 0 Å². The molecule has 0 aliphatic rings. The molecule has 0 aliphatic carbocycles. The van der Waals surface area contributed by atoms with Gasteiger partial charge in [-0.2, -0.15) is 0 Å².